The van der Waals surface area contributed by atoms with Gasteiger partial charge in [0.25, 0.3) is 5.91 Å². The van der Waals surface area contributed by atoms with Gasteiger partial charge in [-0.2, -0.15) is 5.10 Å². The summed E-state index contributed by atoms with van der Waals surface area (Å²) in [5.41, 5.74) is 7.51. The van der Waals surface area contributed by atoms with E-state index in [9.17, 15) is 9.90 Å². The van der Waals surface area contributed by atoms with Crippen LogP contribution in [-0.4, -0.2) is 33.4 Å². The van der Waals surface area contributed by atoms with Crippen molar-refractivity contribution in [3.05, 3.63) is 47.8 Å². The number of amides is 1. The number of hydrogen-bond donors (Lipinski definition) is 3. The predicted molar refractivity (Wildman–Crippen MR) is 80.8 cm³/mol. The molecule has 0 fully saturated rings. The number of nitrogens with two attached hydrogens (primary N) is 1. The highest BCUT2D eigenvalue weighted by molar-refractivity contribution is 5.97. The van der Waals surface area contributed by atoms with Crippen molar-refractivity contribution in [3.63, 3.8) is 0 Å². The Labute approximate surface area is 123 Å². The molecule has 1 aromatic heterocycles. The maximum absolute atomic E-state index is 12.3. The molecule has 1 heterocycles. The monoisotopic (exact) mass is 288 g/mol. The summed E-state index contributed by atoms with van der Waals surface area (Å²) in [6.07, 6.45) is 2.02. The van der Waals surface area contributed by atoms with Gasteiger partial charge in [0.15, 0.2) is 0 Å². The molecule has 0 saturated carbocycles. The Morgan fingerprint density at radius 3 is 2.76 bits per heavy atom. The second-order valence-corrected chi connectivity index (χ2v) is 4.81. The Hall–Kier alpha value is -2.34. The van der Waals surface area contributed by atoms with Crippen LogP contribution in [0.5, 0.6) is 0 Å². The average Bonchev–Trinajstić information content (AvgIpc) is 2.88. The number of aryl methyl sites for hydroxylation is 1. The van der Waals surface area contributed by atoms with Crippen molar-refractivity contribution in [1.82, 2.24) is 15.1 Å². The number of rotatable bonds is 6. The van der Waals surface area contributed by atoms with Gasteiger partial charge in [-0.15, -0.1) is 0 Å². The Balaban J connectivity index is 2.08. The molecule has 0 aliphatic rings. The van der Waals surface area contributed by atoms with Crippen LogP contribution in [0.1, 0.15) is 23.0 Å². The van der Waals surface area contributed by atoms with Crippen LogP contribution in [0.15, 0.2) is 36.5 Å². The number of carbonyl (C=O) groups excluding carboxylic acids is 1. The molecule has 0 saturated heterocycles. The highest BCUT2D eigenvalue weighted by Crippen LogP contribution is 2.11. The highest BCUT2D eigenvalue weighted by atomic mass is 16.3. The topological polar surface area (TPSA) is 93.2 Å². The SMILES string of the molecule is CCn1ncc(N)c1C(=O)N[C@@H](CO)Cc1ccccc1. The van der Waals surface area contributed by atoms with Crippen LogP contribution in [0, 0.1) is 0 Å². The Bertz CT molecular complexity index is 595. The van der Waals surface area contributed by atoms with Gasteiger partial charge in [-0.1, -0.05) is 30.3 Å². The van der Waals surface area contributed by atoms with E-state index in [1.54, 1.807) is 4.68 Å². The summed E-state index contributed by atoms with van der Waals surface area (Å²) in [5, 5.41) is 16.3. The quantitative estimate of drug-likeness (QED) is 0.733. The van der Waals surface area contributed by atoms with Gasteiger partial charge in [0.05, 0.1) is 24.5 Å². The van der Waals surface area contributed by atoms with Crippen molar-refractivity contribution in [1.29, 1.82) is 0 Å². The van der Waals surface area contributed by atoms with Gasteiger partial charge in [0.1, 0.15) is 5.69 Å². The number of benzene rings is 1. The van der Waals surface area contributed by atoms with E-state index >= 15 is 0 Å². The normalized spacial score (nSPS) is 12.1. The standard InChI is InChI=1S/C15H20N4O2/c1-2-19-14(13(16)9-17-19)15(21)18-12(10-20)8-11-6-4-3-5-7-11/h3-7,9,12,20H,2,8,10,16H2,1H3,(H,18,21)/t12-/m1/s1. The largest absolute Gasteiger partial charge is 0.396 e. The summed E-state index contributed by atoms with van der Waals surface area (Å²) in [4.78, 5) is 12.3. The molecule has 4 N–H and O–H groups in total. The number of hydrogen-bond acceptors (Lipinski definition) is 4. The Morgan fingerprint density at radius 1 is 1.43 bits per heavy atom. The lowest BCUT2D eigenvalue weighted by molar-refractivity contribution is 0.0906. The molecule has 0 spiro atoms. The molecule has 6 heteroatoms. The fraction of sp³-hybridized carbons (Fsp3) is 0.333. The summed E-state index contributed by atoms with van der Waals surface area (Å²) >= 11 is 0. The molecule has 21 heavy (non-hydrogen) atoms. The number of nitrogen functional groups attached to an aromatic ring is 1. The van der Waals surface area contributed by atoms with Crippen LogP contribution in [0.3, 0.4) is 0 Å². The van der Waals surface area contributed by atoms with Gasteiger partial charge in [-0.25, -0.2) is 0 Å². The molecular formula is C15H20N4O2. The second kappa shape index (κ2) is 6.90. The van der Waals surface area contributed by atoms with Crippen LogP contribution >= 0.6 is 0 Å². The minimum Gasteiger partial charge on any atom is -0.396 e. The van der Waals surface area contributed by atoms with E-state index in [1.807, 2.05) is 37.3 Å². The molecule has 0 aliphatic carbocycles. The lowest BCUT2D eigenvalue weighted by atomic mass is 10.1. The first-order valence-corrected chi connectivity index (χ1v) is 6.92. The third-order valence-corrected chi connectivity index (χ3v) is 3.26. The van der Waals surface area contributed by atoms with Gasteiger partial charge < -0.3 is 16.2 Å². The third kappa shape index (κ3) is 3.61. The summed E-state index contributed by atoms with van der Waals surface area (Å²) < 4.78 is 1.54. The van der Waals surface area contributed by atoms with Crippen molar-refractivity contribution in [3.8, 4) is 0 Å². The molecule has 0 radical (unpaired) electrons. The van der Waals surface area contributed by atoms with Crippen LogP contribution in [0.2, 0.25) is 0 Å². The zero-order valence-corrected chi connectivity index (χ0v) is 12.0. The van der Waals surface area contributed by atoms with Crippen LogP contribution in [0.4, 0.5) is 5.69 Å². The number of aliphatic hydroxyl groups excluding tert-OH is 1. The fourth-order valence-corrected chi connectivity index (χ4v) is 2.20. The third-order valence-electron chi connectivity index (χ3n) is 3.26. The smallest absolute Gasteiger partial charge is 0.272 e. The van der Waals surface area contributed by atoms with Crippen LogP contribution in [-0.2, 0) is 13.0 Å². The molecule has 1 amide bonds. The van der Waals surface area contributed by atoms with E-state index in [0.717, 1.165) is 5.56 Å². The number of aliphatic hydroxyl groups is 1. The number of anilines is 1. The van der Waals surface area contributed by atoms with E-state index in [4.69, 9.17) is 5.73 Å². The number of nitrogens with one attached hydrogen (secondary N) is 1. The molecule has 0 unspecified atom stereocenters. The van der Waals surface area contributed by atoms with E-state index in [-0.39, 0.29) is 18.6 Å². The molecular weight excluding hydrogens is 268 g/mol. The summed E-state index contributed by atoms with van der Waals surface area (Å²) in [7, 11) is 0. The first-order valence-electron chi connectivity index (χ1n) is 6.92. The molecule has 2 rings (SSSR count). The first-order chi connectivity index (χ1) is 10.2. The maximum Gasteiger partial charge on any atom is 0.272 e. The summed E-state index contributed by atoms with van der Waals surface area (Å²) in [6, 6.07) is 9.33. The zero-order chi connectivity index (χ0) is 15.2. The van der Waals surface area contributed by atoms with Gasteiger partial charge in [-0.3, -0.25) is 9.48 Å². The van der Waals surface area contributed by atoms with Crippen molar-refractivity contribution >= 4 is 11.6 Å². The van der Waals surface area contributed by atoms with Gasteiger partial charge in [-0.05, 0) is 18.9 Å². The van der Waals surface area contributed by atoms with E-state index in [1.165, 1.54) is 6.20 Å². The lowest BCUT2D eigenvalue weighted by Crippen LogP contribution is -2.40. The minimum absolute atomic E-state index is 0.138. The predicted octanol–water partition coefficient (Wildman–Crippen LogP) is 0.819. The summed E-state index contributed by atoms with van der Waals surface area (Å²) in [5.74, 6) is -0.318. The van der Waals surface area contributed by atoms with Crippen LogP contribution < -0.4 is 11.1 Å². The van der Waals surface area contributed by atoms with Crippen molar-refractivity contribution < 1.29 is 9.90 Å². The maximum atomic E-state index is 12.3. The van der Waals surface area contributed by atoms with E-state index in [0.29, 0.717) is 24.3 Å². The van der Waals surface area contributed by atoms with E-state index < -0.39 is 0 Å². The van der Waals surface area contributed by atoms with Crippen LogP contribution in [0.25, 0.3) is 0 Å². The Morgan fingerprint density at radius 2 is 2.14 bits per heavy atom. The van der Waals surface area contributed by atoms with Gasteiger partial charge in [0, 0.05) is 6.54 Å². The fourth-order valence-electron chi connectivity index (χ4n) is 2.20. The second-order valence-electron chi connectivity index (χ2n) is 4.81. The molecule has 6 nitrogen and oxygen atoms in total. The number of aromatic nitrogens is 2. The number of nitrogens with zero attached hydrogens (tertiary/aromatic N) is 2. The highest BCUT2D eigenvalue weighted by Gasteiger charge is 2.19. The molecule has 2 aromatic rings. The van der Waals surface area contributed by atoms with E-state index in [2.05, 4.69) is 10.4 Å². The summed E-state index contributed by atoms with van der Waals surface area (Å²) in [6.45, 7) is 2.31. The van der Waals surface area contributed by atoms with Gasteiger partial charge >= 0.3 is 0 Å². The van der Waals surface area contributed by atoms with Crippen molar-refractivity contribution in [2.75, 3.05) is 12.3 Å². The lowest BCUT2D eigenvalue weighted by Gasteiger charge is -2.17. The Kier molecular flexibility index (Phi) is 4.94. The minimum atomic E-state index is -0.362. The zero-order valence-electron chi connectivity index (χ0n) is 12.0. The molecule has 0 bridgehead atoms. The molecule has 112 valence electrons. The van der Waals surface area contributed by atoms with Crippen molar-refractivity contribution in [2.45, 2.75) is 25.9 Å². The first kappa shape index (κ1) is 15.1. The molecule has 1 aromatic carbocycles. The average molecular weight is 288 g/mol. The van der Waals surface area contributed by atoms with Gasteiger partial charge in [0.2, 0.25) is 0 Å². The molecule has 1 atom stereocenters. The van der Waals surface area contributed by atoms with Crippen molar-refractivity contribution in [2.24, 2.45) is 0 Å². The number of carbonyl (C=O) groups is 1. The molecule has 0 aliphatic heterocycles.